The van der Waals surface area contributed by atoms with Crippen molar-refractivity contribution in [2.45, 2.75) is 20.4 Å². The lowest BCUT2D eigenvalue weighted by atomic mass is 9.95. The number of benzene rings is 1. The quantitative estimate of drug-likeness (QED) is 0.834. The van der Waals surface area contributed by atoms with Crippen LogP contribution in [0, 0.1) is 5.41 Å². The van der Waals surface area contributed by atoms with Gasteiger partial charge < -0.3 is 14.8 Å². The summed E-state index contributed by atoms with van der Waals surface area (Å²) in [7, 11) is 0. The Morgan fingerprint density at radius 2 is 2.06 bits per heavy atom. The van der Waals surface area contributed by atoms with Crippen molar-refractivity contribution < 1.29 is 9.52 Å². The number of hydrogen-bond acceptors (Lipinski definition) is 3. The predicted octanol–water partition coefficient (Wildman–Crippen LogP) is 2.54. The highest BCUT2D eigenvalue weighted by atomic mass is 16.3. The summed E-state index contributed by atoms with van der Waals surface area (Å²) in [4.78, 5) is 0. The van der Waals surface area contributed by atoms with Crippen LogP contribution in [0.1, 0.15) is 19.6 Å². The molecule has 0 bridgehead atoms. The van der Waals surface area contributed by atoms with Gasteiger partial charge in [-0.15, -0.1) is 0 Å². The summed E-state index contributed by atoms with van der Waals surface area (Å²) in [6.45, 7) is 5.69. The summed E-state index contributed by atoms with van der Waals surface area (Å²) in [5, 5.41) is 13.6. The number of aliphatic hydroxyl groups excluding tert-OH is 1. The fourth-order valence-corrected chi connectivity index (χ4v) is 1.70. The van der Waals surface area contributed by atoms with Gasteiger partial charge in [0.1, 0.15) is 11.3 Å². The molecule has 0 aliphatic rings. The molecule has 0 aliphatic carbocycles. The van der Waals surface area contributed by atoms with Crippen molar-refractivity contribution >= 4 is 11.0 Å². The van der Waals surface area contributed by atoms with Gasteiger partial charge in [0.15, 0.2) is 0 Å². The van der Waals surface area contributed by atoms with Gasteiger partial charge in [-0.2, -0.15) is 0 Å². The highest BCUT2D eigenvalue weighted by Gasteiger charge is 2.15. The van der Waals surface area contributed by atoms with Gasteiger partial charge in [0, 0.05) is 24.0 Å². The van der Waals surface area contributed by atoms with E-state index in [2.05, 4.69) is 5.32 Å². The molecule has 2 rings (SSSR count). The zero-order valence-electron chi connectivity index (χ0n) is 10.4. The van der Waals surface area contributed by atoms with Gasteiger partial charge >= 0.3 is 0 Å². The van der Waals surface area contributed by atoms with Gasteiger partial charge in [-0.25, -0.2) is 0 Å². The summed E-state index contributed by atoms with van der Waals surface area (Å²) in [6, 6.07) is 10.0. The average Bonchev–Trinajstić information content (AvgIpc) is 2.71. The molecule has 1 aromatic heterocycles. The van der Waals surface area contributed by atoms with Crippen molar-refractivity contribution in [1.82, 2.24) is 5.32 Å². The Labute approximate surface area is 101 Å². The lowest BCUT2D eigenvalue weighted by molar-refractivity contribution is 0.156. The molecule has 2 aromatic rings. The molecule has 1 heterocycles. The van der Waals surface area contributed by atoms with Crippen molar-refractivity contribution in [2.24, 2.45) is 5.41 Å². The Kier molecular flexibility index (Phi) is 3.50. The number of aliphatic hydroxyl groups is 1. The van der Waals surface area contributed by atoms with Crippen LogP contribution in [0.4, 0.5) is 0 Å². The molecule has 17 heavy (non-hydrogen) atoms. The third-order valence-corrected chi connectivity index (χ3v) is 2.81. The fraction of sp³-hybridized carbons (Fsp3) is 0.429. The van der Waals surface area contributed by atoms with Crippen LogP contribution in [0.25, 0.3) is 11.0 Å². The number of furan rings is 1. The highest BCUT2D eigenvalue weighted by molar-refractivity contribution is 5.77. The smallest absolute Gasteiger partial charge is 0.134 e. The predicted molar refractivity (Wildman–Crippen MR) is 68.8 cm³/mol. The highest BCUT2D eigenvalue weighted by Crippen LogP contribution is 2.19. The van der Waals surface area contributed by atoms with E-state index in [0.717, 1.165) is 23.3 Å². The molecule has 0 spiro atoms. The molecule has 0 saturated heterocycles. The topological polar surface area (TPSA) is 45.4 Å². The fourth-order valence-electron chi connectivity index (χ4n) is 1.70. The van der Waals surface area contributed by atoms with Crippen LogP contribution in [0.2, 0.25) is 0 Å². The van der Waals surface area contributed by atoms with E-state index in [1.807, 2.05) is 44.2 Å². The third kappa shape index (κ3) is 3.08. The molecule has 1 aromatic carbocycles. The molecule has 0 unspecified atom stereocenters. The van der Waals surface area contributed by atoms with Gasteiger partial charge in [0.25, 0.3) is 0 Å². The molecule has 2 N–H and O–H groups in total. The Morgan fingerprint density at radius 3 is 2.76 bits per heavy atom. The lowest BCUT2D eigenvalue weighted by Gasteiger charge is -2.21. The number of nitrogens with one attached hydrogen (secondary N) is 1. The van der Waals surface area contributed by atoms with Crippen molar-refractivity contribution in [3.8, 4) is 0 Å². The zero-order valence-corrected chi connectivity index (χ0v) is 10.4. The monoisotopic (exact) mass is 233 g/mol. The summed E-state index contributed by atoms with van der Waals surface area (Å²) in [5.74, 6) is 0.930. The van der Waals surface area contributed by atoms with Crippen LogP contribution in [-0.2, 0) is 6.54 Å². The minimum absolute atomic E-state index is 0.0913. The first kappa shape index (κ1) is 12.1. The first-order valence-electron chi connectivity index (χ1n) is 5.90. The standard InChI is InChI=1S/C14H19NO2/c1-14(2,10-16)9-15-8-12-7-11-5-3-4-6-13(11)17-12/h3-7,15-16H,8-10H2,1-2H3. The van der Waals surface area contributed by atoms with Crippen molar-refractivity contribution in [3.63, 3.8) is 0 Å². The molecule has 0 fully saturated rings. The van der Waals surface area contributed by atoms with Gasteiger partial charge in [-0.1, -0.05) is 32.0 Å². The number of fused-ring (bicyclic) bond motifs is 1. The Hall–Kier alpha value is -1.32. The molecule has 0 amide bonds. The number of para-hydroxylation sites is 1. The van der Waals surface area contributed by atoms with E-state index in [0.29, 0.717) is 6.54 Å². The Balaban J connectivity index is 1.95. The second-order valence-electron chi connectivity index (χ2n) is 5.18. The molecular formula is C14H19NO2. The second-order valence-corrected chi connectivity index (χ2v) is 5.18. The Morgan fingerprint density at radius 1 is 1.29 bits per heavy atom. The summed E-state index contributed by atoms with van der Waals surface area (Å²) in [5.41, 5.74) is 0.831. The lowest BCUT2D eigenvalue weighted by Crippen LogP contribution is -2.31. The van der Waals surface area contributed by atoms with E-state index in [1.165, 1.54) is 0 Å². The minimum Gasteiger partial charge on any atom is -0.460 e. The largest absolute Gasteiger partial charge is 0.460 e. The van der Waals surface area contributed by atoms with Crippen LogP contribution in [-0.4, -0.2) is 18.3 Å². The maximum absolute atomic E-state index is 9.14. The maximum Gasteiger partial charge on any atom is 0.134 e. The van der Waals surface area contributed by atoms with Gasteiger partial charge in [-0.05, 0) is 12.1 Å². The van der Waals surface area contributed by atoms with E-state index in [1.54, 1.807) is 0 Å². The summed E-state index contributed by atoms with van der Waals surface area (Å²) >= 11 is 0. The van der Waals surface area contributed by atoms with E-state index in [-0.39, 0.29) is 12.0 Å². The van der Waals surface area contributed by atoms with Crippen LogP contribution in [0.5, 0.6) is 0 Å². The molecule has 0 atom stereocenters. The van der Waals surface area contributed by atoms with Crippen LogP contribution >= 0.6 is 0 Å². The molecule has 92 valence electrons. The van der Waals surface area contributed by atoms with Crippen LogP contribution in [0.15, 0.2) is 34.7 Å². The number of hydrogen-bond donors (Lipinski definition) is 2. The molecular weight excluding hydrogens is 214 g/mol. The SMILES string of the molecule is CC(C)(CO)CNCc1cc2ccccc2o1. The van der Waals surface area contributed by atoms with Crippen LogP contribution in [0.3, 0.4) is 0 Å². The van der Waals surface area contributed by atoms with Gasteiger partial charge in [-0.3, -0.25) is 0 Å². The summed E-state index contributed by atoms with van der Waals surface area (Å²) in [6.07, 6.45) is 0. The van der Waals surface area contributed by atoms with E-state index < -0.39 is 0 Å². The van der Waals surface area contributed by atoms with Gasteiger partial charge in [0.05, 0.1) is 6.54 Å². The third-order valence-electron chi connectivity index (χ3n) is 2.81. The first-order valence-corrected chi connectivity index (χ1v) is 5.90. The van der Waals surface area contributed by atoms with Crippen LogP contribution < -0.4 is 5.32 Å². The van der Waals surface area contributed by atoms with Crippen molar-refractivity contribution in [2.75, 3.05) is 13.2 Å². The molecule has 0 saturated carbocycles. The molecule has 0 aliphatic heterocycles. The van der Waals surface area contributed by atoms with Crippen molar-refractivity contribution in [3.05, 3.63) is 36.1 Å². The van der Waals surface area contributed by atoms with E-state index in [9.17, 15) is 0 Å². The maximum atomic E-state index is 9.14. The van der Waals surface area contributed by atoms with E-state index >= 15 is 0 Å². The first-order chi connectivity index (χ1) is 8.11. The Bertz CT molecular complexity index is 455. The minimum atomic E-state index is -0.0913. The normalized spacial score (nSPS) is 12.2. The second kappa shape index (κ2) is 4.90. The van der Waals surface area contributed by atoms with Gasteiger partial charge in [0.2, 0.25) is 0 Å². The van der Waals surface area contributed by atoms with Crippen molar-refractivity contribution in [1.29, 1.82) is 0 Å². The average molecular weight is 233 g/mol. The van der Waals surface area contributed by atoms with E-state index in [4.69, 9.17) is 9.52 Å². The zero-order chi connectivity index (χ0) is 12.3. The molecule has 3 nitrogen and oxygen atoms in total. The molecule has 3 heteroatoms. The molecule has 0 radical (unpaired) electrons. The number of rotatable bonds is 5. The summed E-state index contributed by atoms with van der Waals surface area (Å²) < 4.78 is 5.69.